The van der Waals surface area contributed by atoms with Gasteiger partial charge in [0.2, 0.25) is 10.0 Å². The third-order valence-electron chi connectivity index (χ3n) is 3.34. The van der Waals surface area contributed by atoms with E-state index in [1.807, 2.05) is 0 Å². The van der Waals surface area contributed by atoms with Crippen molar-refractivity contribution < 1.29 is 17.2 Å². The van der Waals surface area contributed by atoms with Crippen LogP contribution in [0.3, 0.4) is 0 Å². The van der Waals surface area contributed by atoms with Gasteiger partial charge < -0.3 is 0 Å². The lowest BCUT2D eigenvalue weighted by atomic mass is 10.1. The number of nitrogens with one attached hydrogen (secondary N) is 2. The van der Waals surface area contributed by atoms with Crippen LogP contribution >= 0.6 is 0 Å². The van der Waals surface area contributed by atoms with Gasteiger partial charge in [-0.25, -0.2) is 22.2 Å². The van der Waals surface area contributed by atoms with Gasteiger partial charge in [0.25, 0.3) is 0 Å². The molecule has 1 heterocycles. The summed E-state index contributed by atoms with van der Waals surface area (Å²) >= 11 is 0. The Morgan fingerprint density at radius 1 is 1.17 bits per heavy atom. The van der Waals surface area contributed by atoms with E-state index in [-0.39, 0.29) is 17.3 Å². The minimum absolute atomic E-state index is 0.0338. The number of H-pyrrole nitrogens is 1. The van der Waals surface area contributed by atoms with Crippen molar-refractivity contribution in [1.82, 2.24) is 19.9 Å². The molecule has 0 saturated heterocycles. The molecular weight excluding hydrogens is 326 g/mol. The summed E-state index contributed by atoms with van der Waals surface area (Å²) in [5.74, 6) is -1.23. The molecule has 126 valence electrons. The van der Waals surface area contributed by atoms with E-state index in [0.717, 1.165) is 6.07 Å². The number of aryl methyl sites for hydroxylation is 2. The predicted octanol–water partition coefficient (Wildman–Crippen LogP) is 2.38. The topological polar surface area (TPSA) is 87.7 Å². The summed E-state index contributed by atoms with van der Waals surface area (Å²) in [6.45, 7) is 6.57. The molecule has 1 aromatic carbocycles. The Bertz CT molecular complexity index is 818. The van der Waals surface area contributed by atoms with Crippen LogP contribution in [0.1, 0.15) is 37.1 Å². The highest BCUT2D eigenvalue weighted by molar-refractivity contribution is 7.89. The number of benzene rings is 1. The standard InChI is InChI=1S/C14H18F2N4O2S/c1-7(2)13(14-17-9(4)18-19-14)20-23(21,22)12-6-10(15)8(3)5-11(12)16/h5-7,13,20H,1-4H3,(H,17,18,19)/t13-/m0/s1. The molecule has 23 heavy (non-hydrogen) atoms. The van der Waals surface area contributed by atoms with Gasteiger partial charge in [0.05, 0.1) is 6.04 Å². The molecule has 0 bridgehead atoms. The maximum atomic E-state index is 14.0. The third-order valence-corrected chi connectivity index (χ3v) is 4.80. The molecule has 0 aliphatic heterocycles. The monoisotopic (exact) mass is 344 g/mol. The average Bonchev–Trinajstić information content (AvgIpc) is 2.86. The first kappa shape index (κ1) is 17.5. The zero-order valence-electron chi connectivity index (χ0n) is 13.2. The highest BCUT2D eigenvalue weighted by Crippen LogP contribution is 2.24. The second-order valence-electron chi connectivity index (χ2n) is 5.65. The van der Waals surface area contributed by atoms with Gasteiger partial charge in [0.1, 0.15) is 22.4 Å². The van der Waals surface area contributed by atoms with Crippen LogP contribution in [0.4, 0.5) is 8.78 Å². The molecule has 0 unspecified atom stereocenters. The lowest BCUT2D eigenvalue weighted by Gasteiger charge is -2.19. The third kappa shape index (κ3) is 3.73. The Labute approximate surface area is 133 Å². The van der Waals surface area contributed by atoms with Gasteiger partial charge in [-0.1, -0.05) is 13.8 Å². The molecule has 0 amide bonds. The normalized spacial score (nSPS) is 13.5. The highest BCUT2D eigenvalue weighted by Gasteiger charge is 2.29. The van der Waals surface area contributed by atoms with Gasteiger partial charge in [-0.3, -0.25) is 5.10 Å². The molecule has 2 rings (SSSR count). The largest absolute Gasteiger partial charge is 0.263 e. The Hall–Kier alpha value is -1.87. The zero-order chi connectivity index (χ0) is 17.4. The van der Waals surface area contributed by atoms with E-state index in [1.54, 1.807) is 20.8 Å². The Morgan fingerprint density at radius 2 is 1.83 bits per heavy atom. The number of hydrogen-bond donors (Lipinski definition) is 2. The van der Waals surface area contributed by atoms with Crippen LogP contribution in [-0.4, -0.2) is 23.6 Å². The number of aromatic nitrogens is 3. The second kappa shape index (κ2) is 6.32. The molecule has 6 nitrogen and oxygen atoms in total. The van der Waals surface area contributed by atoms with Crippen molar-refractivity contribution in [1.29, 1.82) is 0 Å². The zero-order valence-corrected chi connectivity index (χ0v) is 14.0. The van der Waals surface area contributed by atoms with Crippen molar-refractivity contribution in [2.24, 2.45) is 5.92 Å². The van der Waals surface area contributed by atoms with Crippen LogP contribution in [0, 0.1) is 31.4 Å². The predicted molar refractivity (Wildman–Crippen MR) is 80.1 cm³/mol. The fourth-order valence-electron chi connectivity index (χ4n) is 2.05. The minimum atomic E-state index is -4.27. The number of aromatic amines is 1. The number of rotatable bonds is 5. The van der Waals surface area contributed by atoms with Crippen LogP contribution in [0.25, 0.3) is 0 Å². The van der Waals surface area contributed by atoms with Crippen LogP contribution in [0.2, 0.25) is 0 Å². The molecule has 2 aromatic rings. The van der Waals surface area contributed by atoms with Crippen LogP contribution in [-0.2, 0) is 10.0 Å². The molecule has 1 atom stereocenters. The van der Waals surface area contributed by atoms with Crippen LogP contribution in [0.15, 0.2) is 17.0 Å². The summed E-state index contributed by atoms with van der Waals surface area (Å²) in [7, 11) is -4.27. The number of hydrogen-bond acceptors (Lipinski definition) is 4. The quantitative estimate of drug-likeness (QED) is 0.872. The van der Waals surface area contributed by atoms with E-state index >= 15 is 0 Å². The molecule has 0 aliphatic rings. The van der Waals surface area contributed by atoms with Gasteiger partial charge in [-0.05, 0) is 37.5 Å². The van der Waals surface area contributed by atoms with E-state index in [9.17, 15) is 17.2 Å². The molecule has 1 aromatic heterocycles. The van der Waals surface area contributed by atoms with Gasteiger partial charge in [-0.15, -0.1) is 0 Å². The molecule has 0 aliphatic carbocycles. The summed E-state index contributed by atoms with van der Waals surface area (Å²) < 4.78 is 54.8. The molecule has 0 radical (unpaired) electrons. The smallest absolute Gasteiger partial charge is 0.244 e. The van der Waals surface area contributed by atoms with Crippen molar-refractivity contribution >= 4 is 10.0 Å². The maximum absolute atomic E-state index is 14.0. The summed E-state index contributed by atoms with van der Waals surface area (Å²) in [6, 6.07) is 0.757. The van der Waals surface area contributed by atoms with Crippen molar-refractivity contribution in [3.8, 4) is 0 Å². The fraction of sp³-hybridized carbons (Fsp3) is 0.429. The molecule has 0 fully saturated rings. The highest BCUT2D eigenvalue weighted by atomic mass is 32.2. The first-order valence-corrected chi connectivity index (χ1v) is 8.47. The lowest BCUT2D eigenvalue weighted by molar-refractivity contribution is 0.442. The Morgan fingerprint density at radius 3 is 2.35 bits per heavy atom. The maximum Gasteiger partial charge on any atom is 0.244 e. The molecule has 2 N–H and O–H groups in total. The first-order chi connectivity index (χ1) is 10.6. The summed E-state index contributed by atoms with van der Waals surface area (Å²) in [5, 5.41) is 6.57. The molecule has 0 spiro atoms. The first-order valence-electron chi connectivity index (χ1n) is 6.98. The van der Waals surface area contributed by atoms with Crippen molar-refractivity contribution in [3.05, 3.63) is 41.0 Å². The average molecular weight is 344 g/mol. The van der Waals surface area contributed by atoms with E-state index in [0.29, 0.717) is 11.9 Å². The molecule has 0 saturated carbocycles. The Kier molecular flexibility index (Phi) is 4.81. The van der Waals surface area contributed by atoms with Gasteiger partial charge >= 0.3 is 0 Å². The minimum Gasteiger partial charge on any atom is -0.263 e. The SMILES string of the molecule is Cc1nc([C@@H](NS(=O)(=O)c2cc(F)c(C)cc2F)C(C)C)n[nH]1. The molecule has 9 heteroatoms. The van der Waals surface area contributed by atoms with Crippen molar-refractivity contribution in [2.45, 2.75) is 38.6 Å². The number of nitrogens with zero attached hydrogens (tertiary/aromatic N) is 2. The van der Waals surface area contributed by atoms with E-state index in [4.69, 9.17) is 0 Å². The summed E-state index contributed by atoms with van der Waals surface area (Å²) in [4.78, 5) is 3.37. The fourth-order valence-corrected chi connectivity index (χ4v) is 3.46. The van der Waals surface area contributed by atoms with Crippen molar-refractivity contribution in [3.63, 3.8) is 0 Å². The summed E-state index contributed by atoms with van der Waals surface area (Å²) in [6.07, 6.45) is 0. The Balaban J connectivity index is 2.41. The lowest BCUT2D eigenvalue weighted by Crippen LogP contribution is -2.33. The second-order valence-corrected chi connectivity index (χ2v) is 7.34. The van der Waals surface area contributed by atoms with Crippen molar-refractivity contribution in [2.75, 3.05) is 0 Å². The number of halogens is 2. The van der Waals surface area contributed by atoms with E-state index < -0.39 is 32.6 Å². The van der Waals surface area contributed by atoms with Gasteiger partial charge in [0.15, 0.2) is 5.82 Å². The van der Waals surface area contributed by atoms with Crippen LogP contribution in [0.5, 0.6) is 0 Å². The van der Waals surface area contributed by atoms with Gasteiger partial charge in [-0.2, -0.15) is 9.82 Å². The molecular formula is C14H18F2N4O2S. The van der Waals surface area contributed by atoms with E-state index in [2.05, 4.69) is 19.9 Å². The summed E-state index contributed by atoms with van der Waals surface area (Å²) in [5.41, 5.74) is 0.0338. The van der Waals surface area contributed by atoms with Crippen LogP contribution < -0.4 is 4.72 Å². The number of sulfonamides is 1. The van der Waals surface area contributed by atoms with E-state index in [1.165, 1.54) is 6.92 Å². The van der Waals surface area contributed by atoms with Gasteiger partial charge in [0, 0.05) is 0 Å².